The first kappa shape index (κ1) is 42.6. The van der Waals surface area contributed by atoms with Crippen LogP contribution in [0, 0.1) is 15.5 Å². The van der Waals surface area contributed by atoms with E-state index in [0.717, 1.165) is 85.7 Å². The first-order valence-electron chi connectivity index (χ1n) is 20.2. The Labute approximate surface area is 361 Å². The summed E-state index contributed by atoms with van der Waals surface area (Å²) in [5.41, 5.74) is 5.46. The van der Waals surface area contributed by atoms with Crippen molar-refractivity contribution in [2.45, 2.75) is 50.5 Å². The van der Waals surface area contributed by atoms with Crippen LogP contribution in [0.1, 0.15) is 55.5 Å². The van der Waals surface area contributed by atoms with Gasteiger partial charge in [0.25, 0.3) is 21.6 Å². The van der Waals surface area contributed by atoms with Crippen molar-refractivity contribution in [1.82, 2.24) is 14.6 Å². The number of amides is 1. The van der Waals surface area contributed by atoms with E-state index < -0.39 is 48.1 Å². The average molecular weight is 889 g/mol. The molecule has 5 aromatic rings. The average Bonchev–Trinajstić information content (AvgIpc) is 3.83. The van der Waals surface area contributed by atoms with Crippen molar-refractivity contribution in [1.29, 1.82) is 0 Å². The lowest BCUT2D eigenvalue weighted by Gasteiger charge is -2.39. The van der Waals surface area contributed by atoms with E-state index in [1.165, 1.54) is 28.8 Å². The zero-order chi connectivity index (χ0) is 43.1. The fraction of sp³-hybridized carbons (Fsp3) is 0.341. The van der Waals surface area contributed by atoms with E-state index in [0.29, 0.717) is 12.2 Å². The van der Waals surface area contributed by atoms with Crippen LogP contribution in [0.15, 0.2) is 102 Å². The number of aromatic nitrogens is 1. The Hall–Kier alpha value is -5.10. The largest absolute Gasteiger partial charge is 0.456 e. The molecule has 1 amide bonds. The molecule has 0 radical (unpaired) electrons. The van der Waals surface area contributed by atoms with Crippen LogP contribution in [0.3, 0.4) is 0 Å². The van der Waals surface area contributed by atoms with E-state index in [4.69, 9.17) is 16.3 Å². The van der Waals surface area contributed by atoms with Crippen LogP contribution in [0.5, 0.6) is 11.5 Å². The van der Waals surface area contributed by atoms with Gasteiger partial charge >= 0.3 is 0 Å². The first-order chi connectivity index (χ1) is 29.0. The molecule has 0 bridgehead atoms. The lowest BCUT2D eigenvalue weighted by atomic mass is 9.72. The Morgan fingerprint density at radius 3 is 2.51 bits per heavy atom. The minimum absolute atomic E-state index is 0.0293. The fourth-order valence-corrected chi connectivity index (χ4v) is 11.3. The molecular formula is C44H49ClN6O8S2. The lowest BCUT2D eigenvalue weighted by molar-refractivity contribution is -0.384. The maximum atomic E-state index is 13.9. The van der Waals surface area contributed by atoms with Gasteiger partial charge in [0.1, 0.15) is 17.2 Å². The molecule has 14 nitrogen and oxygen atoms in total. The van der Waals surface area contributed by atoms with Crippen molar-refractivity contribution in [3.63, 3.8) is 0 Å². The number of H-pyrrole nitrogens is 1. The molecule has 0 spiro atoms. The monoisotopic (exact) mass is 888 g/mol. The van der Waals surface area contributed by atoms with Gasteiger partial charge in [-0.05, 0) is 103 Å². The standard InChI is InChI=1S/C44H49ClN6O8S2/c1-44(2)16-13-31(38(26-44)29-3-5-32(45)6-4-29)27-49-18-20-50(21-19-49)34-7-10-37(42(24-34)59-35-8-11-39-30(23-35)14-17-46-39)43(52)48-61(57,58)36-9-12-40(41(25-36)51(53)54)47-33-15-22-60(55,56)28-33/h3-12,14,17,23-25,33,46-47,55-56H,13,15-16,18-22,26-28H2,1-2H3,(H,48,52). The normalized spacial score (nSPS) is 19.8. The number of anilines is 2. The van der Waals surface area contributed by atoms with Crippen molar-refractivity contribution in [2.75, 3.05) is 54.4 Å². The summed E-state index contributed by atoms with van der Waals surface area (Å²) >= 11 is 6.23. The van der Waals surface area contributed by atoms with E-state index in [1.807, 2.05) is 30.3 Å². The number of aromatic amines is 1. The molecule has 2 saturated heterocycles. The molecule has 2 aliphatic heterocycles. The van der Waals surface area contributed by atoms with E-state index in [1.54, 1.807) is 24.4 Å². The summed E-state index contributed by atoms with van der Waals surface area (Å²) in [6.07, 6.45) is 5.37. The molecule has 8 rings (SSSR count). The van der Waals surface area contributed by atoms with Crippen molar-refractivity contribution < 1.29 is 32.0 Å². The maximum Gasteiger partial charge on any atom is 0.293 e. The molecular weight excluding hydrogens is 840 g/mol. The van der Waals surface area contributed by atoms with E-state index in [-0.39, 0.29) is 33.9 Å². The minimum atomic E-state index is -4.61. The molecule has 1 aliphatic carbocycles. The third-order valence-corrected chi connectivity index (χ3v) is 15.2. The second-order valence-electron chi connectivity index (χ2n) is 16.9. The van der Waals surface area contributed by atoms with Crippen LogP contribution in [0.2, 0.25) is 5.02 Å². The van der Waals surface area contributed by atoms with Crippen LogP contribution < -0.4 is 19.7 Å². The topological polar surface area (TPSA) is 190 Å². The number of ether oxygens (including phenoxy) is 1. The summed E-state index contributed by atoms with van der Waals surface area (Å²) in [6.45, 7) is 8.59. The number of hydrogen-bond donors (Lipinski definition) is 5. The van der Waals surface area contributed by atoms with Gasteiger partial charge in [-0.15, -0.1) is 0 Å². The number of nitrogens with zero attached hydrogens (tertiary/aromatic N) is 3. The third kappa shape index (κ3) is 9.85. The van der Waals surface area contributed by atoms with Crippen molar-refractivity contribution in [2.24, 2.45) is 5.41 Å². The predicted molar refractivity (Wildman–Crippen MR) is 242 cm³/mol. The third-order valence-electron chi connectivity index (χ3n) is 11.8. The number of rotatable bonds is 12. The number of sulfonamides is 1. The van der Waals surface area contributed by atoms with Gasteiger partial charge in [0.15, 0.2) is 0 Å². The summed E-state index contributed by atoms with van der Waals surface area (Å²) in [6, 6.07) is 23.4. The Morgan fingerprint density at radius 1 is 1.02 bits per heavy atom. The molecule has 17 heteroatoms. The van der Waals surface area contributed by atoms with Crippen LogP contribution in [0.4, 0.5) is 17.1 Å². The van der Waals surface area contributed by atoms with Crippen molar-refractivity contribution in [3.05, 3.63) is 123 Å². The lowest BCUT2D eigenvalue weighted by Crippen LogP contribution is -2.47. The molecule has 0 saturated carbocycles. The number of benzene rings is 4. The van der Waals surface area contributed by atoms with Crippen LogP contribution in [-0.4, -0.2) is 88.5 Å². The summed E-state index contributed by atoms with van der Waals surface area (Å²) < 4.78 is 55.8. The van der Waals surface area contributed by atoms with Gasteiger partial charge in [-0.3, -0.25) is 28.9 Å². The molecule has 2 fully saturated rings. The van der Waals surface area contributed by atoms with E-state index >= 15 is 0 Å². The van der Waals surface area contributed by atoms with Gasteiger partial charge in [-0.2, -0.15) is 10.6 Å². The first-order valence-corrected chi connectivity index (χ1v) is 23.9. The number of carbonyl (C=O) groups excluding carboxylic acids is 1. The maximum absolute atomic E-state index is 13.9. The number of nitrogens with one attached hydrogen (secondary N) is 3. The van der Waals surface area contributed by atoms with Crippen molar-refractivity contribution in [3.8, 4) is 11.5 Å². The molecule has 4 aromatic carbocycles. The molecule has 5 N–H and O–H groups in total. The zero-order valence-electron chi connectivity index (χ0n) is 33.9. The highest BCUT2D eigenvalue weighted by Crippen LogP contribution is 2.47. The number of carbonyl (C=O) groups is 1. The number of halogens is 1. The SMILES string of the molecule is CC1(C)CCC(CN2CCN(c3ccc(C(=O)NS(=O)(=O)c4ccc(NC5CCS(O)(O)C5)c([N+](=O)[O-])c4)c(Oc4ccc5[nH]ccc5c4)c3)CC2)=C(c2ccc(Cl)cc2)C1. The van der Waals surface area contributed by atoms with Gasteiger partial charge in [-0.25, -0.2) is 13.1 Å². The molecule has 61 heavy (non-hydrogen) atoms. The van der Waals surface area contributed by atoms with Gasteiger partial charge in [0.05, 0.1) is 21.1 Å². The molecule has 1 aromatic heterocycles. The summed E-state index contributed by atoms with van der Waals surface area (Å²) in [4.78, 5) is 32.6. The van der Waals surface area contributed by atoms with Crippen LogP contribution >= 0.6 is 22.2 Å². The fourth-order valence-electron chi connectivity index (χ4n) is 8.44. The van der Waals surface area contributed by atoms with Gasteiger partial charge < -0.3 is 19.9 Å². The highest BCUT2D eigenvalue weighted by molar-refractivity contribution is 8.24. The van der Waals surface area contributed by atoms with Crippen LogP contribution in [-0.2, 0) is 10.0 Å². The summed E-state index contributed by atoms with van der Waals surface area (Å²) in [5.74, 6) is -0.198. The van der Waals surface area contributed by atoms with Crippen molar-refractivity contribution >= 4 is 71.7 Å². The molecule has 3 aliphatic rings. The quantitative estimate of drug-likeness (QED) is 0.0593. The minimum Gasteiger partial charge on any atom is -0.456 e. The van der Waals surface area contributed by atoms with Crippen LogP contribution in [0.25, 0.3) is 16.5 Å². The Balaban J connectivity index is 1.01. The highest BCUT2D eigenvalue weighted by atomic mass is 35.5. The molecule has 3 heterocycles. The number of nitro benzene ring substituents is 1. The molecule has 1 atom stereocenters. The summed E-state index contributed by atoms with van der Waals surface area (Å²) in [7, 11) is -7.39. The van der Waals surface area contributed by atoms with E-state index in [9.17, 15) is 32.4 Å². The number of allylic oxidation sites excluding steroid dienone is 1. The van der Waals surface area contributed by atoms with Gasteiger partial charge in [-0.1, -0.05) is 43.2 Å². The number of fused-ring (bicyclic) bond motifs is 1. The Bertz CT molecular complexity index is 2620. The molecule has 322 valence electrons. The number of piperazine rings is 1. The second-order valence-corrected chi connectivity index (χ2v) is 21.3. The Kier molecular flexibility index (Phi) is 11.9. The second kappa shape index (κ2) is 17.0. The molecule has 1 unspecified atom stereocenters. The smallest absolute Gasteiger partial charge is 0.293 e. The van der Waals surface area contributed by atoms with Gasteiger partial charge in [0.2, 0.25) is 0 Å². The number of hydrogen-bond acceptors (Lipinski definition) is 11. The van der Waals surface area contributed by atoms with Gasteiger partial charge in [0, 0.05) is 84.5 Å². The number of nitro groups is 1. The van der Waals surface area contributed by atoms with E-state index in [2.05, 4.69) is 50.8 Å². The Morgan fingerprint density at radius 2 is 1.79 bits per heavy atom. The highest BCUT2D eigenvalue weighted by Gasteiger charge is 2.32. The predicted octanol–water partition coefficient (Wildman–Crippen LogP) is 9.36. The summed E-state index contributed by atoms with van der Waals surface area (Å²) in [5, 5.41) is 16.6. The zero-order valence-corrected chi connectivity index (χ0v) is 36.3.